The van der Waals surface area contributed by atoms with E-state index in [0.717, 1.165) is 23.5 Å². The Morgan fingerprint density at radius 2 is 1.77 bits per heavy atom. The summed E-state index contributed by atoms with van der Waals surface area (Å²) in [4.78, 5) is 31.0. The number of benzene rings is 1. The number of amides is 1. The number of rotatable bonds is 8. The number of aromatic nitrogens is 2. The van der Waals surface area contributed by atoms with Gasteiger partial charge in [-0.3, -0.25) is 14.5 Å². The number of carbonyl (C=O) groups excluding carboxylic acids is 2. The van der Waals surface area contributed by atoms with Gasteiger partial charge in [0.15, 0.2) is 5.78 Å². The standard InChI is InChI=1S/C24H28N4O2/c1-17-10-11-23(25-13-17)26-24(30)16-27(4)15-22(29)21-12-18(2)28(19(21)3)14-20-8-6-5-7-9-20/h5-13H,14-16H2,1-4H3,(H,25,26,30). The number of likely N-dealkylation sites (N-methyl/N-ethyl adjacent to an activating group) is 1. The maximum absolute atomic E-state index is 12.9. The van der Waals surface area contributed by atoms with E-state index in [-0.39, 0.29) is 24.8 Å². The summed E-state index contributed by atoms with van der Waals surface area (Å²) < 4.78 is 2.15. The van der Waals surface area contributed by atoms with Crippen LogP contribution in [0.15, 0.2) is 54.7 Å². The molecule has 0 unspecified atom stereocenters. The van der Waals surface area contributed by atoms with Gasteiger partial charge in [-0.05, 0) is 51.1 Å². The lowest BCUT2D eigenvalue weighted by atomic mass is 10.1. The lowest BCUT2D eigenvalue weighted by Crippen LogP contribution is -2.34. The predicted octanol–water partition coefficient (Wildman–Crippen LogP) is 3.61. The average Bonchev–Trinajstić information content (AvgIpc) is 2.98. The molecule has 0 saturated carbocycles. The van der Waals surface area contributed by atoms with Crippen LogP contribution in [0.2, 0.25) is 0 Å². The average molecular weight is 405 g/mol. The molecule has 3 aromatic rings. The Kier molecular flexibility index (Phi) is 6.79. The van der Waals surface area contributed by atoms with Gasteiger partial charge >= 0.3 is 0 Å². The molecule has 156 valence electrons. The number of hydrogen-bond donors (Lipinski definition) is 1. The van der Waals surface area contributed by atoms with Crippen molar-refractivity contribution in [2.24, 2.45) is 0 Å². The highest BCUT2D eigenvalue weighted by molar-refractivity contribution is 5.99. The maximum atomic E-state index is 12.9. The smallest absolute Gasteiger partial charge is 0.239 e. The number of Topliss-reactive ketones (excluding diaryl/α,β-unsaturated/α-hetero) is 1. The van der Waals surface area contributed by atoms with E-state index in [0.29, 0.717) is 11.4 Å². The maximum Gasteiger partial charge on any atom is 0.239 e. The van der Waals surface area contributed by atoms with Gasteiger partial charge in [0.05, 0.1) is 13.1 Å². The zero-order chi connectivity index (χ0) is 21.7. The Morgan fingerprint density at radius 3 is 2.43 bits per heavy atom. The molecule has 30 heavy (non-hydrogen) atoms. The van der Waals surface area contributed by atoms with Crippen molar-refractivity contribution < 1.29 is 9.59 Å². The summed E-state index contributed by atoms with van der Waals surface area (Å²) in [5.41, 5.74) is 4.92. The van der Waals surface area contributed by atoms with E-state index in [1.807, 2.05) is 51.1 Å². The van der Waals surface area contributed by atoms with Crippen molar-refractivity contribution in [3.8, 4) is 0 Å². The fourth-order valence-corrected chi connectivity index (χ4v) is 3.45. The van der Waals surface area contributed by atoms with Crippen molar-refractivity contribution in [1.29, 1.82) is 0 Å². The van der Waals surface area contributed by atoms with Crippen molar-refractivity contribution in [2.75, 3.05) is 25.5 Å². The highest BCUT2D eigenvalue weighted by atomic mass is 16.2. The Balaban J connectivity index is 1.60. The second kappa shape index (κ2) is 9.50. The summed E-state index contributed by atoms with van der Waals surface area (Å²) in [5.74, 6) is 0.317. The molecule has 2 aromatic heterocycles. The van der Waals surface area contributed by atoms with Gasteiger partial charge in [-0.1, -0.05) is 36.4 Å². The van der Waals surface area contributed by atoms with Crippen LogP contribution in [0.5, 0.6) is 0 Å². The largest absolute Gasteiger partial charge is 0.344 e. The third-order valence-electron chi connectivity index (χ3n) is 5.06. The van der Waals surface area contributed by atoms with Crippen LogP contribution in [0.4, 0.5) is 5.82 Å². The van der Waals surface area contributed by atoms with Crippen LogP contribution in [0.25, 0.3) is 0 Å². The Bertz CT molecular complexity index is 1020. The molecule has 0 fully saturated rings. The molecular formula is C24H28N4O2. The Hall–Kier alpha value is -3.25. The van der Waals surface area contributed by atoms with Crippen molar-refractivity contribution in [3.05, 3.63) is 82.8 Å². The number of ketones is 1. The molecule has 2 heterocycles. The van der Waals surface area contributed by atoms with Gasteiger partial charge in [-0.2, -0.15) is 0 Å². The third kappa shape index (κ3) is 5.42. The molecule has 0 aliphatic heterocycles. The molecule has 0 saturated heterocycles. The monoisotopic (exact) mass is 404 g/mol. The fraction of sp³-hybridized carbons (Fsp3) is 0.292. The minimum absolute atomic E-state index is 0.00572. The van der Waals surface area contributed by atoms with E-state index in [1.54, 1.807) is 24.2 Å². The molecule has 0 aliphatic carbocycles. The topological polar surface area (TPSA) is 67.2 Å². The summed E-state index contributed by atoms with van der Waals surface area (Å²) in [5, 5.41) is 2.76. The van der Waals surface area contributed by atoms with Crippen molar-refractivity contribution in [2.45, 2.75) is 27.3 Å². The second-order valence-electron chi connectivity index (χ2n) is 7.72. The first-order valence-electron chi connectivity index (χ1n) is 9.98. The van der Waals surface area contributed by atoms with Crippen LogP contribution in [0, 0.1) is 20.8 Å². The van der Waals surface area contributed by atoms with Gasteiger partial charge in [-0.15, -0.1) is 0 Å². The molecule has 0 radical (unpaired) electrons. The Labute approximate surface area is 177 Å². The predicted molar refractivity (Wildman–Crippen MR) is 119 cm³/mol. The highest BCUT2D eigenvalue weighted by Crippen LogP contribution is 2.18. The van der Waals surface area contributed by atoms with E-state index in [9.17, 15) is 9.59 Å². The number of nitrogens with one attached hydrogen (secondary N) is 1. The number of carbonyl (C=O) groups is 2. The zero-order valence-electron chi connectivity index (χ0n) is 18.0. The van der Waals surface area contributed by atoms with Gasteiger partial charge in [0.1, 0.15) is 5.82 Å². The van der Waals surface area contributed by atoms with E-state index < -0.39 is 0 Å². The summed E-state index contributed by atoms with van der Waals surface area (Å²) in [6.07, 6.45) is 1.70. The third-order valence-corrected chi connectivity index (χ3v) is 5.06. The molecule has 0 aliphatic rings. The van der Waals surface area contributed by atoms with E-state index in [1.165, 1.54) is 5.56 Å². The van der Waals surface area contributed by atoms with Gasteiger partial charge in [0.25, 0.3) is 0 Å². The normalized spacial score (nSPS) is 11.0. The van der Waals surface area contributed by atoms with Crippen LogP contribution in [-0.2, 0) is 11.3 Å². The molecular weight excluding hydrogens is 376 g/mol. The quantitative estimate of drug-likeness (QED) is 0.583. The number of nitrogens with zero attached hydrogens (tertiary/aromatic N) is 3. The van der Waals surface area contributed by atoms with Crippen LogP contribution in [0.3, 0.4) is 0 Å². The number of aryl methyl sites for hydroxylation is 2. The SMILES string of the molecule is Cc1ccc(NC(=O)CN(C)CC(=O)c2cc(C)n(Cc3ccccc3)c2C)nc1. The molecule has 3 rings (SSSR count). The Morgan fingerprint density at radius 1 is 1.03 bits per heavy atom. The molecule has 0 bridgehead atoms. The number of hydrogen-bond acceptors (Lipinski definition) is 4. The number of pyridine rings is 1. The van der Waals surface area contributed by atoms with Crippen LogP contribution in [-0.4, -0.2) is 46.3 Å². The molecule has 6 nitrogen and oxygen atoms in total. The van der Waals surface area contributed by atoms with Crippen molar-refractivity contribution in [3.63, 3.8) is 0 Å². The first-order valence-corrected chi connectivity index (χ1v) is 9.98. The van der Waals surface area contributed by atoms with Crippen molar-refractivity contribution >= 4 is 17.5 Å². The van der Waals surface area contributed by atoms with Crippen molar-refractivity contribution in [1.82, 2.24) is 14.5 Å². The van der Waals surface area contributed by atoms with Gasteiger partial charge in [0, 0.05) is 29.7 Å². The molecule has 6 heteroatoms. The van der Waals surface area contributed by atoms with Gasteiger partial charge in [-0.25, -0.2) is 4.98 Å². The van der Waals surface area contributed by atoms with Gasteiger partial charge in [0.2, 0.25) is 5.91 Å². The number of anilines is 1. The van der Waals surface area contributed by atoms with Crippen LogP contribution < -0.4 is 5.32 Å². The fourth-order valence-electron chi connectivity index (χ4n) is 3.45. The lowest BCUT2D eigenvalue weighted by molar-refractivity contribution is -0.116. The van der Waals surface area contributed by atoms with E-state index >= 15 is 0 Å². The van der Waals surface area contributed by atoms with E-state index in [4.69, 9.17) is 0 Å². The molecule has 1 N–H and O–H groups in total. The van der Waals surface area contributed by atoms with Gasteiger partial charge < -0.3 is 9.88 Å². The molecule has 1 amide bonds. The van der Waals surface area contributed by atoms with Crippen LogP contribution in [0.1, 0.15) is 32.9 Å². The summed E-state index contributed by atoms with van der Waals surface area (Å²) in [7, 11) is 1.77. The highest BCUT2D eigenvalue weighted by Gasteiger charge is 2.18. The molecule has 0 spiro atoms. The lowest BCUT2D eigenvalue weighted by Gasteiger charge is -2.15. The minimum atomic E-state index is -0.198. The first-order chi connectivity index (χ1) is 14.3. The molecule has 0 atom stereocenters. The second-order valence-corrected chi connectivity index (χ2v) is 7.72. The summed E-state index contributed by atoms with van der Waals surface area (Å²) >= 11 is 0. The van der Waals surface area contributed by atoms with Crippen LogP contribution >= 0.6 is 0 Å². The summed E-state index contributed by atoms with van der Waals surface area (Å²) in [6.45, 7) is 6.94. The minimum Gasteiger partial charge on any atom is -0.344 e. The first kappa shape index (κ1) is 21.5. The molecule has 1 aromatic carbocycles. The zero-order valence-corrected chi connectivity index (χ0v) is 18.0. The summed E-state index contributed by atoms with van der Waals surface area (Å²) in [6, 6.07) is 15.8. The van der Waals surface area contributed by atoms with E-state index in [2.05, 4.69) is 27.0 Å².